The van der Waals surface area contributed by atoms with Crippen LogP contribution in [-0.4, -0.2) is 10.2 Å². The Morgan fingerprint density at radius 3 is 2.50 bits per heavy atom. The Hall–Kier alpha value is -1.85. The highest BCUT2D eigenvalue weighted by Gasteiger charge is 2.22. The minimum absolute atomic E-state index is 0.146. The maximum atomic E-state index is 11.3. The topological polar surface area (TPSA) is 42.2 Å². The van der Waals surface area contributed by atoms with E-state index in [9.17, 15) is 4.79 Å². The molecular weight excluding hydrogens is 314 g/mol. The summed E-state index contributed by atoms with van der Waals surface area (Å²) in [5, 5.41) is 2.44. The zero-order valence-corrected chi connectivity index (χ0v) is 13.9. The van der Waals surface area contributed by atoms with Crippen LogP contribution in [0.3, 0.4) is 0 Å². The highest BCUT2D eigenvalue weighted by atomic mass is 32.2. The largest absolute Gasteiger partial charge is 0.457 e. The molecule has 2 heterocycles. The Morgan fingerprint density at radius 1 is 1.18 bits per heavy atom. The summed E-state index contributed by atoms with van der Waals surface area (Å²) >= 11 is 6.18. The van der Waals surface area contributed by atoms with Crippen LogP contribution < -0.4 is 5.32 Å². The van der Waals surface area contributed by atoms with Crippen LogP contribution in [0, 0.1) is 0 Å². The van der Waals surface area contributed by atoms with Crippen molar-refractivity contribution in [2.24, 2.45) is 0 Å². The van der Waals surface area contributed by atoms with Gasteiger partial charge in [-0.2, -0.15) is 0 Å². The summed E-state index contributed by atoms with van der Waals surface area (Å²) in [6.45, 7) is 4.34. The number of hydrogen-bond acceptors (Lipinski definition) is 4. The lowest BCUT2D eigenvalue weighted by molar-refractivity contribution is 0.265. The summed E-state index contributed by atoms with van der Waals surface area (Å²) in [5.41, 5.74) is 2.33. The second-order valence-electron chi connectivity index (χ2n) is 5.33. The van der Waals surface area contributed by atoms with Gasteiger partial charge in [-0.25, -0.2) is 0 Å². The van der Waals surface area contributed by atoms with Crippen molar-refractivity contribution in [3.8, 4) is 11.3 Å². The van der Waals surface area contributed by atoms with Crippen molar-refractivity contribution >= 4 is 40.3 Å². The fraction of sp³-hybridized carbons (Fsp3) is 0.176. The first-order chi connectivity index (χ1) is 10.5. The van der Waals surface area contributed by atoms with Crippen LogP contribution in [0.15, 0.2) is 45.7 Å². The zero-order chi connectivity index (χ0) is 15.7. The number of hydrogen-bond donors (Lipinski definition) is 1. The fourth-order valence-corrected chi connectivity index (χ4v) is 3.18. The lowest BCUT2D eigenvalue weighted by Gasteiger charge is -2.05. The van der Waals surface area contributed by atoms with E-state index in [1.807, 2.05) is 12.1 Å². The van der Waals surface area contributed by atoms with Gasteiger partial charge in [-0.05, 0) is 41.5 Å². The fourth-order valence-electron chi connectivity index (χ4n) is 2.17. The first-order valence-corrected chi connectivity index (χ1v) is 8.20. The van der Waals surface area contributed by atoms with Crippen molar-refractivity contribution in [2.45, 2.75) is 19.8 Å². The van der Waals surface area contributed by atoms with Crippen LogP contribution in [0.4, 0.5) is 4.79 Å². The molecule has 0 spiro atoms. The predicted octanol–water partition coefficient (Wildman–Crippen LogP) is 5.19. The van der Waals surface area contributed by atoms with E-state index in [0.29, 0.717) is 16.7 Å². The Kier molecular flexibility index (Phi) is 4.18. The van der Waals surface area contributed by atoms with E-state index in [2.05, 4.69) is 43.4 Å². The van der Waals surface area contributed by atoms with Gasteiger partial charge in [-0.1, -0.05) is 50.3 Å². The Labute approximate surface area is 138 Å². The van der Waals surface area contributed by atoms with Crippen molar-refractivity contribution in [1.82, 2.24) is 5.32 Å². The number of thioether (sulfide) groups is 1. The molecule has 22 heavy (non-hydrogen) atoms. The number of rotatable bonds is 3. The van der Waals surface area contributed by atoms with Crippen molar-refractivity contribution in [1.29, 1.82) is 0 Å². The van der Waals surface area contributed by atoms with Gasteiger partial charge in [-0.15, -0.1) is 0 Å². The molecule has 0 saturated carbocycles. The molecule has 0 aliphatic carbocycles. The quantitative estimate of drug-likeness (QED) is 0.621. The molecule has 1 amide bonds. The minimum Gasteiger partial charge on any atom is -0.457 e. The van der Waals surface area contributed by atoms with Gasteiger partial charge in [0, 0.05) is 5.56 Å². The maximum Gasteiger partial charge on any atom is 0.289 e. The molecule has 112 valence electrons. The molecule has 0 bridgehead atoms. The molecule has 1 N–H and O–H groups in total. The van der Waals surface area contributed by atoms with E-state index in [-0.39, 0.29) is 5.24 Å². The molecule has 5 heteroatoms. The number of nitrogens with one attached hydrogen (secondary N) is 1. The van der Waals surface area contributed by atoms with Crippen molar-refractivity contribution in [3.05, 3.63) is 52.6 Å². The number of carbonyl (C=O) groups is 1. The summed E-state index contributed by atoms with van der Waals surface area (Å²) in [7, 11) is 0. The molecule has 1 aromatic carbocycles. The molecular formula is C17H15NO2S2. The second-order valence-corrected chi connectivity index (χ2v) is 6.75. The average Bonchev–Trinajstić information content (AvgIpc) is 3.06. The molecule has 0 radical (unpaired) electrons. The van der Waals surface area contributed by atoms with Crippen LogP contribution in [0.1, 0.15) is 31.1 Å². The molecule has 1 saturated heterocycles. The van der Waals surface area contributed by atoms with E-state index >= 15 is 0 Å². The standard InChI is InChI=1S/C17H15NO2S2/c1-10(2)11-3-5-12(6-4-11)14-8-7-13(20-14)9-15-16(21)18-17(19)22-15/h3-10H,1-2H3,(H,18,19,21)/b15-9+. The highest BCUT2D eigenvalue weighted by molar-refractivity contribution is 8.19. The lowest BCUT2D eigenvalue weighted by Crippen LogP contribution is -2.15. The lowest BCUT2D eigenvalue weighted by atomic mass is 10.0. The molecule has 0 unspecified atom stereocenters. The number of thiocarbonyl (C=S) groups is 1. The monoisotopic (exact) mass is 329 g/mol. The van der Waals surface area contributed by atoms with E-state index < -0.39 is 0 Å². The van der Waals surface area contributed by atoms with Gasteiger partial charge in [0.15, 0.2) is 0 Å². The average molecular weight is 329 g/mol. The molecule has 0 atom stereocenters. The summed E-state index contributed by atoms with van der Waals surface area (Å²) in [4.78, 5) is 12.4. The van der Waals surface area contributed by atoms with Crippen molar-refractivity contribution in [3.63, 3.8) is 0 Å². The van der Waals surface area contributed by atoms with E-state index in [1.165, 1.54) is 5.56 Å². The smallest absolute Gasteiger partial charge is 0.289 e. The van der Waals surface area contributed by atoms with E-state index in [1.54, 1.807) is 6.08 Å². The molecule has 2 aromatic rings. The first kappa shape index (κ1) is 15.1. The van der Waals surface area contributed by atoms with Crippen LogP contribution in [-0.2, 0) is 0 Å². The first-order valence-electron chi connectivity index (χ1n) is 6.98. The SMILES string of the molecule is CC(C)c1ccc(-c2ccc(/C=C3/SC(=O)NC3=S)o2)cc1. The normalized spacial score (nSPS) is 16.6. The molecule has 1 aliphatic heterocycles. The second kappa shape index (κ2) is 6.10. The summed E-state index contributed by atoms with van der Waals surface area (Å²) in [6, 6.07) is 12.2. The third-order valence-electron chi connectivity index (χ3n) is 3.40. The molecule has 1 aliphatic rings. The van der Waals surface area contributed by atoms with Gasteiger partial charge in [-0.3, -0.25) is 4.79 Å². The number of amides is 1. The number of furan rings is 1. The maximum absolute atomic E-state index is 11.3. The van der Waals surface area contributed by atoms with E-state index in [4.69, 9.17) is 16.6 Å². The summed E-state index contributed by atoms with van der Waals surface area (Å²) in [5.74, 6) is 2.00. The highest BCUT2D eigenvalue weighted by Crippen LogP contribution is 2.29. The molecule has 3 nitrogen and oxygen atoms in total. The Balaban J connectivity index is 1.83. The number of benzene rings is 1. The minimum atomic E-state index is -0.146. The van der Waals surface area contributed by atoms with E-state index in [0.717, 1.165) is 28.0 Å². The Morgan fingerprint density at radius 2 is 1.91 bits per heavy atom. The third-order valence-corrected chi connectivity index (χ3v) is 4.68. The van der Waals surface area contributed by atoms with Gasteiger partial charge in [0.05, 0.1) is 4.91 Å². The molecule has 1 fully saturated rings. The van der Waals surface area contributed by atoms with Gasteiger partial charge < -0.3 is 9.73 Å². The third kappa shape index (κ3) is 3.15. The summed E-state index contributed by atoms with van der Waals surface area (Å²) < 4.78 is 5.83. The van der Waals surface area contributed by atoms with Crippen molar-refractivity contribution in [2.75, 3.05) is 0 Å². The van der Waals surface area contributed by atoms with Gasteiger partial charge in [0.2, 0.25) is 0 Å². The van der Waals surface area contributed by atoms with Gasteiger partial charge >= 0.3 is 0 Å². The van der Waals surface area contributed by atoms with Crippen LogP contribution in [0.5, 0.6) is 0 Å². The Bertz CT molecular complexity index is 757. The van der Waals surface area contributed by atoms with Crippen LogP contribution in [0.25, 0.3) is 17.4 Å². The zero-order valence-electron chi connectivity index (χ0n) is 12.3. The summed E-state index contributed by atoms with van der Waals surface area (Å²) in [6.07, 6.45) is 1.79. The van der Waals surface area contributed by atoms with Crippen LogP contribution in [0.2, 0.25) is 0 Å². The number of carbonyl (C=O) groups excluding carboxylic acids is 1. The van der Waals surface area contributed by atoms with Gasteiger partial charge in [0.25, 0.3) is 5.24 Å². The van der Waals surface area contributed by atoms with Gasteiger partial charge in [0.1, 0.15) is 16.5 Å². The van der Waals surface area contributed by atoms with Crippen molar-refractivity contribution < 1.29 is 9.21 Å². The van der Waals surface area contributed by atoms with Crippen LogP contribution >= 0.6 is 24.0 Å². The molecule has 3 rings (SSSR count). The predicted molar refractivity (Wildman–Crippen MR) is 94.9 cm³/mol. The molecule has 1 aromatic heterocycles.